The van der Waals surface area contributed by atoms with Crippen LogP contribution in [0.3, 0.4) is 0 Å². The topological polar surface area (TPSA) is 66.6 Å². The maximum absolute atomic E-state index is 13.2. The molecule has 5 heteroatoms. The third kappa shape index (κ3) is 1.18. The summed E-state index contributed by atoms with van der Waals surface area (Å²) in [6.45, 7) is 0. The molecule has 1 amide bonds. The van der Waals surface area contributed by atoms with E-state index in [9.17, 15) is 14.4 Å². The number of rotatable bonds is 0. The van der Waals surface area contributed by atoms with Crippen LogP contribution in [-0.4, -0.2) is 17.2 Å². The van der Waals surface area contributed by atoms with Crippen LogP contribution in [0.2, 0.25) is 0 Å². The zero-order valence-electron chi connectivity index (χ0n) is 7.27. The van der Waals surface area contributed by atoms with Gasteiger partial charge in [-0.1, -0.05) is 12.1 Å². The monoisotopic (exact) mass is 196 g/mol. The van der Waals surface area contributed by atoms with Gasteiger partial charge in [-0.25, -0.2) is 4.39 Å². The summed E-state index contributed by atoms with van der Waals surface area (Å²) < 4.78 is 13.2. The minimum atomic E-state index is -0.797. The first-order chi connectivity index (χ1) is 6.61. The van der Waals surface area contributed by atoms with Gasteiger partial charge < -0.3 is 5.73 Å². The van der Waals surface area contributed by atoms with Crippen LogP contribution in [0.15, 0.2) is 18.2 Å². The molecule has 0 radical (unpaired) electrons. The Morgan fingerprint density at radius 1 is 1.57 bits per heavy atom. The molecule has 0 saturated heterocycles. The van der Waals surface area contributed by atoms with Gasteiger partial charge >= 0.3 is 0 Å². The lowest BCUT2D eigenvalue weighted by Gasteiger charge is -2.27. The number of fused-ring (bicyclic) bond motifs is 1. The van der Waals surface area contributed by atoms with Gasteiger partial charge in [-0.3, -0.25) is 10.0 Å². The molecule has 1 aliphatic rings. The lowest BCUT2D eigenvalue weighted by molar-refractivity contribution is -0.125. The molecule has 0 unspecified atom stereocenters. The van der Waals surface area contributed by atoms with Gasteiger partial charge in [0.25, 0.3) is 5.91 Å². The third-order valence-corrected chi connectivity index (χ3v) is 2.25. The zero-order valence-corrected chi connectivity index (χ0v) is 7.27. The molecule has 0 saturated carbocycles. The van der Waals surface area contributed by atoms with Crippen LogP contribution in [0.1, 0.15) is 5.56 Å². The molecule has 1 aliphatic heterocycles. The summed E-state index contributed by atoms with van der Waals surface area (Å²) in [7, 11) is 0. The Morgan fingerprint density at radius 2 is 2.29 bits per heavy atom. The molecule has 1 atom stereocenters. The third-order valence-electron chi connectivity index (χ3n) is 2.25. The highest BCUT2D eigenvalue weighted by Gasteiger charge is 2.31. The summed E-state index contributed by atoms with van der Waals surface area (Å²) in [6.07, 6.45) is 0.253. The number of amides is 1. The lowest BCUT2D eigenvalue weighted by atomic mass is 9.99. The van der Waals surface area contributed by atoms with Gasteiger partial charge in [0, 0.05) is 0 Å². The number of para-hydroxylation sites is 1. The van der Waals surface area contributed by atoms with Crippen molar-refractivity contribution in [3.8, 4) is 0 Å². The molecule has 1 aromatic carbocycles. The molecule has 14 heavy (non-hydrogen) atoms. The molecule has 4 nitrogen and oxygen atoms in total. The molecule has 1 aromatic rings. The van der Waals surface area contributed by atoms with Crippen LogP contribution in [0, 0.1) is 5.82 Å². The highest BCUT2D eigenvalue weighted by atomic mass is 19.1. The van der Waals surface area contributed by atoms with E-state index in [1.807, 2.05) is 0 Å². The molecule has 0 spiro atoms. The average Bonchev–Trinajstić information content (AvgIpc) is 2.14. The highest BCUT2D eigenvalue weighted by molar-refractivity contribution is 5.98. The van der Waals surface area contributed by atoms with E-state index in [1.165, 1.54) is 12.1 Å². The van der Waals surface area contributed by atoms with E-state index >= 15 is 0 Å². The summed E-state index contributed by atoms with van der Waals surface area (Å²) in [4.78, 5) is 11.2. The largest absolute Gasteiger partial charge is 0.320 e. The van der Waals surface area contributed by atoms with Crippen molar-refractivity contribution in [3.63, 3.8) is 0 Å². The predicted molar refractivity (Wildman–Crippen MR) is 47.4 cm³/mol. The Hall–Kier alpha value is -1.46. The SMILES string of the molecule is N[C@H]1Cc2cccc(F)c2N(O)C1=O. The molecule has 0 fully saturated rings. The van der Waals surface area contributed by atoms with Crippen molar-refractivity contribution >= 4 is 11.6 Å². The summed E-state index contributed by atoms with van der Waals surface area (Å²) >= 11 is 0. The maximum Gasteiger partial charge on any atom is 0.268 e. The van der Waals surface area contributed by atoms with Gasteiger partial charge in [-0.2, -0.15) is 5.06 Å². The Morgan fingerprint density at radius 3 is 3.00 bits per heavy atom. The van der Waals surface area contributed by atoms with Crippen LogP contribution < -0.4 is 10.8 Å². The number of hydroxylamine groups is 1. The van der Waals surface area contributed by atoms with Gasteiger partial charge in [-0.15, -0.1) is 0 Å². The van der Waals surface area contributed by atoms with Crippen molar-refractivity contribution < 1.29 is 14.4 Å². The van der Waals surface area contributed by atoms with Gasteiger partial charge in [0.1, 0.15) is 11.5 Å². The van der Waals surface area contributed by atoms with E-state index in [1.54, 1.807) is 6.07 Å². The molecule has 0 bridgehead atoms. The van der Waals surface area contributed by atoms with Crippen molar-refractivity contribution in [2.45, 2.75) is 12.5 Å². The Kier molecular flexibility index (Phi) is 1.98. The van der Waals surface area contributed by atoms with Crippen LogP contribution in [0.5, 0.6) is 0 Å². The van der Waals surface area contributed by atoms with Crippen molar-refractivity contribution in [2.75, 3.05) is 5.06 Å². The van der Waals surface area contributed by atoms with Gasteiger partial charge in [0.15, 0.2) is 0 Å². The van der Waals surface area contributed by atoms with E-state index in [2.05, 4.69) is 0 Å². The summed E-state index contributed by atoms with van der Waals surface area (Å²) in [5.41, 5.74) is 5.92. The first-order valence-electron chi connectivity index (χ1n) is 4.17. The minimum Gasteiger partial charge on any atom is -0.320 e. The lowest BCUT2D eigenvalue weighted by Crippen LogP contribution is -2.47. The highest BCUT2D eigenvalue weighted by Crippen LogP contribution is 2.28. The first kappa shape index (κ1) is 9.11. The number of benzene rings is 1. The van der Waals surface area contributed by atoms with Crippen molar-refractivity contribution in [2.24, 2.45) is 5.73 Å². The molecule has 74 valence electrons. The number of carbonyl (C=O) groups excluding carboxylic acids is 1. The van der Waals surface area contributed by atoms with Crippen molar-refractivity contribution in [3.05, 3.63) is 29.6 Å². The van der Waals surface area contributed by atoms with E-state index in [0.29, 0.717) is 10.6 Å². The second-order valence-electron chi connectivity index (χ2n) is 3.21. The normalized spacial score (nSPS) is 20.9. The van der Waals surface area contributed by atoms with Crippen LogP contribution in [-0.2, 0) is 11.2 Å². The number of nitrogens with two attached hydrogens (primary N) is 1. The fourth-order valence-electron chi connectivity index (χ4n) is 1.55. The number of hydrogen-bond acceptors (Lipinski definition) is 3. The van der Waals surface area contributed by atoms with Crippen LogP contribution in [0.25, 0.3) is 0 Å². The molecule has 0 aromatic heterocycles. The molecular weight excluding hydrogens is 187 g/mol. The fraction of sp³-hybridized carbons (Fsp3) is 0.222. The van der Waals surface area contributed by atoms with E-state index in [-0.39, 0.29) is 12.1 Å². The summed E-state index contributed by atoms with van der Waals surface area (Å²) in [5, 5.41) is 9.64. The number of anilines is 1. The van der Waals surface area contributed by atoms with Gasteiger partial charge in [0.2, 0.25) is 0 Å². The maximum atomic E-state index is 13.2. The number of nitrogens with zero attached hydrogens (tertiary/aromatic N) is 1. The second-order valence-corrected chi connectivity index (χ2v) is 3.21. The van der Waals surface area contributed by atoms with E-state index in [0.717, 1.165) is 0 Å². The first-order valence-corrected chi connectivity index (χ1v) is 4.17. The average molecular weight is 196 g/mol. The number of carbonyl (C=O) groups is 1. The molecular formula is C9H9FN2O2. The quantitative estimate of drug-likeness (QED) is 0.591. The Balaban J connectivity index is 2.56. The molecule has 2 rings (SSSR count). The second kappa shape index (κ2) is 3.04. The molecule has 1 heterocycles. The Labute approximate surface area is 79.7 Å². The smallest absolute Gasteiger partial charge is 0.268 e. The number of hydrogen-bond donors (Lipinski definition) is 2. The van der Waals surface area contributed by atoms with E-state index < -0.39 is 17.8 Å². The van der Waals surface area contributed by atoms with Crippen LogP contribution >= 0.6 is 0 Å². The molecule has 3 N–H and O–H groups in total. The van der Waals surface area contributed by atoms with Crippen LogP contribution in [0.4, 0.5) is 10.1 Å². The minimum absolute atomic E-state index is 0.0841. The van der Waals surface area contributed by atoms with E-state index in [4.69, 9.17) is 5.73 Å². The number of halogens is 1. The Bertz CT molecular complexity index is 394. The molecule has 0 aliphatic carbocycles. The fourth-order valence-corrected chi connectivity index (χ4v) is 1.55. The van der Waals surface area contributed by atoms with Crippen molar-refractivity contribution in [1.82, 2.24) is 0 Å². The van der Waals surface area contributed by atoms with Gasteiger partial charge in [-0.05, 0) is 18.1 Å². The van der Waals surface area contributed by atoms with Gasteiger partial charge in [0.05, 0.1) is 6.04 Å². The zero-order chi connectivity index (χ0) is 10.3. The predicted octanol–water partition coefficient (Wildman–Crippen LogP) is 0.431. The van der Waals surface area contributed by atoms with Crippen molar-refractivity contribution in [1.29, 1.82) is 0 Å². The standard InChI is InChI=1S/C9H9FN2O2/c10-6-3-1-2-5-4-7(11)9(13)12(14)8(5)6/h1-3,7,14H,4,11H2/t7-/m0/s1. The summed E-state index contributed by atoms with van der Waals surface area (Å²) in [5.74, 6) is -1.30. The summed E-state index contributed by atoms with van der Waals surface area (Å²) in [6, 6.07) is 3.54.